The van der Waals surface area contributed by atoms with Gasteiger partial charge in [-0.3, -0.25) is 9.59 Å². The summed E-state index contributed by atoms with van der Waals surface area (Å²) in [5.41, 5.74) is 6.79. The molecule has 0 spiro atoms. The van der Waals surface area contributed by atoms with Crippen LogP contribution in [0.25, 0.3) is 33.5 Å². The number of para-hydroxylation sites is 1. The third-order valence-electron chi connectivity index (χ3n) is 6.93. The summed E-state index contributed by atoms with van der Waals surface area (Å²) in [5.74, 6) is 0.882. The second-order valence-electron chi connectivity index (χ2n) is 9.39. The van der Waals surface area contributed by atoms with Gasteiger partial charge in [-0.2, -0.15) is 0 Å². The molecule has 0 saturated carbocycles. The summed E-state index contributed by atoms with van der Waals surface area (Å²) in [5, 5.41) is 0. The van der Waals surface area contributed by atoms with E-state index in [-0.39, 0.29) is 19.5 Å². The van der Waals surface area contributed by atoms with Crippen LogP contribution in [0.2, 0.25) is 0 Å². The normalized spacial score (nSPS) is 14.3. The van der Waals surface area contributed by atoms with Crippen LogP contribution < -0.4 is 16.0 Å². The van der Waals surface area contributed by atoms with Crippen molar-refractivity contribution in [2.45, 2.75) is 13.5 Å². The Balaban J connectivity index is 0.00000280. The van der Waals surface area contributed by atoms with E-state index in [2.05, 4.69) is 75.7 Å². The molecule has 1 radical (unpaired) electrons. The first-order valence-electron chi connectivity index (χ1n) is 12.1. The SMILES string of the molecule is Cc1ccc(-c2nc3c(N4C[CH-]N(Cc5ccc6[nH]c(=O)c(=O)n(C)c6c5)CC4)cccc3[nH]2)cc1.[Ru+]. The van der Waals surface area contributed by atoms with Gasteiger partial charge in [-0.15, -0.1) is 0 Å². The molecule has 0 unspecified atom stereocenters. The summed E-state index contributed by atoms with van der Waals surface area (Å²) in [6.45, 7) is 7.56. The number of benzene rings is 3. The minimum Gasteiger partial charge on any atom is -0.450 e. The van der Waals surface area contributed by atoms with Crippen molar-refractivity contribution in [2.24, 2.45) is 7.05 Å². The molecule has 37 heavy (non-hydrogen) atoms. The molecule has 0 bridgehead atoms. The van der Waals surface area contributed by atoms with Gasteiger partial charge in [-0.05, 0) is 49.8 Å². The molecule has 5 aromatic rings. The molecular weight excluding hydrogens is 553 g/mol. The summed E-state index contributed by atoms with van der Waals surface area (Å²) < 4.78 is 1.41. The van der Waals surface area contributed by atoms with E-state index in [0.717, 1.165) is 65.4 Å². The molecule has 9 heteroatoms. The summed E-state index contributed by atoms with van der Waals surface area (Å²) in [6, 6.07) is 20.5. The maximum atomic E-state index is 12.0. The van der Waals surface area contributed by atoms with Gasteiger partial charge in [0, 0.05) is 19.2 Å². The van der Waals surface area contributed by atoms with Crippen LogP contribution in [0, 0.1) is 13.5 Å². The Morgan fingerprint density at radius 2 is 1.78 bits per heavy atom. The van der Waals surface area contributed by atoms with Crippen molar-refractivity contribution in [1.82, 2.24) is 24.4 Å². The number of piperazine rings is 1. The molecule has 3 heterocycles. The maximum Gasteiger partial charge on any atom is 1.00 e. The zero-order valence-corrected chi connectivity index (χ0v) is 22.4. The minimum atomic E-state index is -0.597. The molecule has 1 saturated heterocycles. The Hall–Kier alpha value is -3.55. The van der Waals surface area contributed by atoms with Crippen LogP contribution >= 0.6 is 0 Å². The minimum absolute atomic E-state index is 0. The Kier molecular flexibility index (Phi) is 6.84. The quantitative estimate of drug-likeness (QED) is 0.193. The van der Waals surface area contributed by atoms with Crippen LogP contribution in [0.4, 0.5) is 5.69 Å². The second kappa shape index (κ2) is 10.1. The largest absolute Gasteiger partial charge is 1.00 e. The average molecular weight is 581 g/mol. The van der Waals surface area contributed by atoms with Gasteiger partial charge in [-0.25, -0.2) is 11.5 Å². The molecule has 1 aliphatic heterocycles. The Labute approximate surface area is 226 Å². The smallest absolute Gasteiger partial charge is 0.450 e. The molecule has 189 valence electrons. The molecule has 1 fully saturated rings. The number of H-pyrrole nitrogens is 2. The standard InChI is InChI=1S/C28H27N6O2.Ru/c1-18-6-9-20(10-7-18)26-29-22-4-3-5-23(25(22)31-26)34-14-12-33(13-15-34)17-19-8-11-21-24(16-19)32(2)28(36)27(35)30-21;/h3-12,16H,13-15,17H2,1-2H3,(H,29,31)(H,30,35);/q-1;+1. The topological polar surface area (TPSA) is 90.0 Å². The number of fused-ring (bicyclic) bond motifs is 2. The first kappa shape index (κ1) is 25.1. The number of anilines is 1. The number of imidazole rings is 1. The predicted octanol–water partition coefficient (Wildman–Crippen LogP) is 3.56. The van der Waals surface area contributed by atoms with Crippen molar-refractivity contribution < 1.29 is 19.5 Å². The average Bonchev–Trinajstić information content (AvgIpc) is 3.33. The van der Waals surface area contributed by atoms with E-state index in [1.807, 2.05) is 18.2 Å². The summed E-state index contributed by atoms with van der Waals surface area (Å²) in [4.78, 5) is 39.5. The van der Waals surface area contributed by atoms with E-state index < -0.39 is 11.1 Å². The van der Waals surface area contributed by atoms with Gasteiger partial charge in [0.25, 0.3) is 0 Å². The van der Waals surface area contributed by atoms with Gasteiger partial charge in [0.05, 0.1) is 22.2 Å². The van der Waals surface area contributed by atoms with Crippen molar-refractivity contribution in [2.75, 3.05) is 24.5 Å². The third kappa shape index (κ3) is 4.77. The number of aromatic amines is 2. The van der Waals surface area contributed by atoms with Crippen molar-refractivity contribution in [3.05, 3.63) is 99.0 Å². The van der Waals surface area contributed by atoms with Gasteiger partial charge >= 0.3 is 30.6 Å². The van der Waals surface area contributed by atoms with Crippen molar-refractivity contribution in [3.63, 3.8) is 0 Å². The van der Waals surface area contributed by atoms with E-state index in [4.69, 9.17) is 4.98 Å². The molecule has 0 amide bonds. The summed E-state index contributed by atoms with van der Waals surface area (Å²) >= 11 is 0. The summed E-state index contributed by atoms with van der Waals surface area (Å²) in [7, 11) is 1.63. The van der Waals surface area contributed by atoms with Crippen molar-refractivity contribution in [3.8, 4) is 11.4 Å². The molecule has 1 aliphatic rings. The maximum absolute atomic E-state index is 12.0. The van der Waals surface area contributed by atoms with Crippen molar-refractivity contribution in [1.29, 1.82) is 0 Å². The van der Waals surface area contributed by atoms with Crippen LogP contribution in [-0.2, 0) is 33.1 Å². The fourth-order valence-electron chi connectivity index (χ4n) is 4.86. The molecule has 2 aromatic heterocycles. The van der Waals surface area contributed by atoms with E-state index in [9.17, 15) is 9.59 Å². The molecule has 0 atom stereocenters. The van der Waals surface area contributed by atoms with Gasteiger partial charge in [0.2, 0.25) is 0 Å². The number of hydrogen-bond acceptors (Lipinski definition) is 5. The Morgan fingerprint density at radius 1 is 0.973 bits per heavy atom. The van der Waals surface area contributed by atoms with Gasteiger partial charge in [-0.1, -0.05) is 48.5 Å². The molecule has 6 rings (SSSR count). The Morgan fingerprint density at radius 3 is 2.54 bits per heavy atom. The van der Waals surface area contributed by atoms with E-state index in [0.29, 0.717) is 5.52 Å². The van der Waals surface area contributed by atoms with Crippen LogP contribution in [0.5, 0.6) is 0 Å². The van der Waals surface area contributed by atoms with Gasteiger partial charge < -0.3 is 24.3 Å². The number of nitrogens with one attached hydrogen (secondary N) is 2. The third-order valence-corrected chi connectivity index (χ3v) is 6.93. The first-order chi connectivity index (χ1) is 17.5. The van der Waals surface area contributed by atoms with E-state index >= 15 is 0 Å². The first-order valence-corrected chi connectivity index (χ1v) is 12.1. The van der Waals surface area contributed by atoms with E-state index in [1.165, 1.54) is 10.1 Å². The zero-order valence-electron chi connectivity index (χ0n) is 20.6. The fourth-order valence-corrected chi connectivity index (χ4v) is 4.86. The monoisotopic (exact) mass is 581 g/mol. The fraction of sp³-hybridized carbons (Fsp3) is 0.214. The zero-order chi connectivity index (χ0) is 24.8. The molecule has 3 aromatic carbocycles. The molecular formula is C28H27N6O2Ru. The van der Waals surface area contributed by atoms with E-state index in [1.54, 1.807) is 7.05 Å². The van der Waals surface area contributed by atoms with Gasteiger partial charge in [0.15, 0.2) is 0 Å². The van der Waals surface area contributed by atoms with Crippen molar-refractivity contribution >= 4 is 27.8 Å². The molecule has 0 aliphatic carbocycles. The van der Waals surface area contributed by atoms with Crippen LogP contribution in [-0.4, -0.2) is 44.1 Å². The van der Waals surface area contributed by atoms with Crippen LogP contribution in [0.15, 0.2) is 70.3 Å². The number of hydrogen-bond donors (Lipinski definition) is 2. The second-order valence-corrected chi connectivity index (χ2v) is 9.39. The van der Waals surface area contributed by atoms with Gasteiger partial charge in [0.1, 0.15) is 11.3 Å². The summed E-state index contributed by atoms with van der Waals surface area (Å²) in [6.07, 6.45) is 0. The molecule has 8 nitrogen and oxygen atoms in total. The molecule has 2 N–H and O–H groups in total. The predicted molar refractivity (Wildman–Crippen MR) is 143 cm³/mol. The van der Waals surface area contributed by atoms with Crippen LogP contribution in [0.3, 0.4) is 0 Å². The number of aryl methyl sites for hydroxylation is 2. The number of rotatable bonds is 4. The Bertz CT molecular complexity index is 1690. The number of aromatic nitrogens is 4. The number of nitrogens with zero attached hydrogens (tertiary/aromatic N) is 4. The van der Waals surface area contributed by atoms with Crippen LogP contribution in [0.1, 0.15) is 11.1 Å².